The fourth-order valence-electron chi connectivity index (χ4n) is 0.640. The molecule has 0 radical (unpaired) electrons. The van der Waals surface area contributed by atoms with Crippen molar-refractivity contribution in [1.82, 2.24) is 0 Å². The molecule has 0 aromatic heterocycles. The van der Waals surface area contributed by atoms with Gasteiger partial charge in [0.25, 0.3) is 0 Å². The van der Waals surface area contributed by atoms with Crippen molar-refractivity contribution in [3.8, 4) is 0 Å². The van der Waals surface area contributed by atoms with E-state index in [1.807, 2.05) is 6.92 Å². The predicted octanol–water partition coefficient (Wildman–Crippen LogP) is -0.441. The highest BCUT2D eigenvalue weighted by atomic mass is 16.4. The lowest BCUT2D eigenvalue weighted by atomic mass is 10.1. The molecule has 10 heavy (non-hydrogen) atoms. The Kier molecular flexibility index (Phi) is 3.99. The maximum Gasteiger partial charge on any atom is 0.323 e. The van der Waals surface area contributed by atoms with Gasteiger partial charge in [-0.25, -0.2) is 0 Å². The summed E-state index contributed by atoms with van der Waals surface area (Å²) in [6.45, 7) is 1.86. The molecule has 0 rings (SSSR count). The predicted molar refractivity (Wildman–Crippen MR) is 36.5 cm³/mol. The first-order valence-corrected chi connectivity index (χ1v) is 3.26. The minimum absolute atomic E-state index is 0.438. The van der Waals surface area contributed by atoms with Crippen molar-refractivity contribution in [3.63, 3.8) is 0 Å². The second-order valence-electron chi connectivity index (χ2n) is 2.22. The van der Waals surface area contributed by atoms with E-state index in [1.54, 1.807) is 0 Å². The maximum absolute atomic E-state index is 10.1. The maximum atomic E-state index is 10.1. The number of rotatable bonds is 4. The molecule has 0 amide bonds. The summed E-state index contributed by atoms with van der Waals surface area (Å²) in [5.41, 5.74) is 5.10. The molecule has 0 aromatic rings. The minimum Gasteiger partial charge on any atom is -0.480 e. The Hall–Kier alpha value is -0.610. The van der Waals surface area contributed by atoms with Crippen LogP contribution in [0.15, 0.2) is 0 Å². The molecule has 0 aliphatic carbocycles. The van der Waals surface area contributed by atoms with Gasteiger partial charge in [-0.15, -0.1) is 0 Å². The molecule has 0 saturated heterocycles. The number of aliphatic hydroxyl groups excluding tert-OH is 1. The molecule has 0 fully saturated rings. The van der Waals surface area contributed by atoms with E-state index in [0.717, 1.165) is 6.42 Å². The van der Waals surface area contributed by atoms with Crippen LogP contribution in [0.3, 0.4) is 0 Å². The van der Waals surface area contributed by atoms with E-state index in [1.165, 1.54) is 0 Å². The summed E-state index contributed by atoms with van der Waals surface area (Å²) in [6, 6.07) is -1.14. The smallest absolute Gasteiger partial charge is 0.323 e. The molecule has 4 heteroatoms. The topological polar surface area (TPSA) is 83.5 Å². The second kappa shape index (κ2) is 4.24. The Morgan fingerprint density at radius 2 is 2.20 bits per heavy atom. The standard InChI is InChI=1S/C6H13NO3/c1-2-3-4(8)5(7)6(9)10/h4-5,8H,2-3,7H2,1H3,(H,9,10)/t4-,5-/m1/s1. The van der Waals surface area contributed by atoms with Crippen LogP contribution in [0.2, 0.25) is 0 Å². The largest absolute Gasteiger partial charge is 0.480 e. The van der Waals surface area contributed by atoms with Gasteiger partial charge < -0.3 is 15.9 Å². The third-order valence-corrected chi connectivity index (χ3v) is 1.28. The van der Waals surface area contributed by atoms with Gasteiger partial charge in [-0.3, -0.25) is 4.79 Å². The molecule has 0 saturated carbocycles. The molecule has 0 aromatic carbocycles. The summed E-state index contributed by atoms with van der Waals surface area (Å²) >= 11 is 0. The van der Waals surface area contributed by atoms with Crippen molar-refractivity contribution in [1.29, 1.82) is 0 Å². The van der Waals surface area contributed by atoms with E-state index in [0.29, 0.717) is 6.42 Å². The molecule has 0 aliphatic heterocycles. The monoisotopic (exact) mass is 147 g/mol. The van der Waals surface area contributed by atoms with Gasteiger partial charge in [0.2, 0.25) is 0 Å². The molecule has 0 unspecified atom stereocenters. The van der Waals surface area contributed by atoms with Crippen LogP contribution in [0.4, 0.5) is 0 Å². The lowest BCUT2D eigenvalue weighted by Crippen LogP contribution is -2.41. The lowest BCUT2D eigenvalue weighted by Gasteiger charge is -2.12. The molecular weight excluding hydrogens is 134 g/mol. The van der Waals surface area contributed by atoms with E-state index in [-0.39, 0.29) is 0 Å². The highest BCUT2D eigenvalue weighted by Crippen LogP contribution is 1.99. The van der Waals surface area contributed by atoms with E-state index in [2.05, 4.69) is 0 Å². The fraction of sp³-hybridized carbons (Fsp3) is 0.833. The van der Waals surface area contributed by atoms with Gasteiger partial charge in [-0.2, -0.15) is 0 Å². The van der Waals surface area contributed by atoms with Crippen LogP contribution in [-0.4, -0.2) is 28.3 Å². The summed E-state index contributed by atoms with van der Waals surface area (Å²) in [7, 11) is 0. The Bertz CT molecular complexity index is 116. The summed E-state index contributed by atoms with van der Waals surface area (Å²) in [5, 5.41) is 17.3. The van der Waals surface area contributed by atoms with E-state index in [9.17, 15) is 4.79 Å². The Labute approximate surface area is 59.7 Å². The van der Waals surface area contributed by atoms with Gasteiger partial charge in [0.05, 0.1) is 6.10 Å². The number of carboxylic acids is 1. The average molecular weight is 147 g/mol. The molecule has 0 bridgehead atoms. The zero-order chi connectivity index (χ0) is 8.15. The number of nitrogens with two attached hydrogens (primary N) is 1. The highest BCUT2D eigenvalue weighted by molar-refractivity contribution is 5.73. The lowest BCUT2D eigenvalue weighted by molar-refractivity contribution is -0.141. The van der Waals surface area contributed by atoms with Crippen LogP contribution < -0.4 is 5.73 Å². The molecule has 0 spiro atoms. The van der Waals surface area contributed by atoms with Gasteiger partial charge in [-0.1, -0.05) is 13.3 Å². The van der Waals surface area contributed by atoms with Crippen LogP contribution in [-0.2, 0) is 4.79 Å². The van der Waals surface area contributed by atoms with E-state index in [4.69, 9.17) is 15.9 Å². The number of hydrogen-bond acceptors (Lipinski definition) is 3. The van der Waals surface area contributed by atoms with Gasteiger partial charge in [-0.05, 0) is 6.42 Å². The first-order valence-electron chi connectivity index (χ1n) is 3.26. The molecule has 0 heterocycles. The molecular formula is C6H13NO3. The minimum atomic E-state index is -1.15. The Morgan fingerprint density at radius 1 is 1.70 bits per heavy atom. The number of hydrogen-bond donors (Lipinski definition) is 3. The molecule has 4 nitrogen and oxygen atoms in total. The third-order valence-electron chi connectivity index (χ3n) is 1.28. The number of aliphatic carboxylic acids is 1. The highest BCUT2D eigenvalue weighted by Gasteiger charge is 2.20. The second-order valence-corrected chi connectivity index (χ2v) is 2.22. The van der Waals surface area contributed by atoms with Crippen LogP contribution in [0.25, 0.3) is 0 Å². The SMILES string of the molecule is CCC[C@@H](O)[C@@H](N)C(=O)O. The Morgan fingerprint density at radius 3 is 2.50 bits per heavy atom. The fourth-order valence-corrected chi connectivity index (χ4v) is 0.640. The van der Waals surface area contributed by atoms with Gasteiger partial charge in [0, 0.05) is 0 Å². The van der Waals surface area contributed by atoms with Crippen LogP contribution >= 0.6 is 0 Å². The van der Waals surface area contributed by atoms with Crippen LogP contribution in [0.1, 0.15) is 19.8 Å². The summed E-state index contributed by atoms with van der Waals surface area (Å²) in [5.74, 6) is -1.15. The zero-order valence-corrected chi connectivity index (χ0v) is 5.95. The number of carbonyl (C=O) groups is 1. The van der Waals surface area contributed by atoms with E-state index >= 15 is 0 Å². The molecule has 4 N–H and O–H groups in total. The average Bonchev–Trinajstić information content (AvgIpc) is 1.87. The first-order chi connectivity index (χ1) is 4.59. The Balaban J connectivity index is 3.69. The van der Waals surface area contributed by atoms with Crippen LogP contribution in [0, 0.1) is 0 Å². The van der Waals surface area contributed by atoms with Crippen molar-refractivity contribution in [2.24, 2.45) is 5.73 Å². The van der Waals surface area contributed by atoms with Crippen molar-refractivity contribution < 1.29 is 15.0 Å². The third kappa shape index (κ3) is 2.80. The van der Waals surface area contributed by atoms with Crippen molar-refractivity contribution >= 4 is 5.97 Å². The van der Waals surface area contributed by atoms with Crippen molar-refractivity contribution in [3.05, 3.63) is 0 Å². The summed E-state index contributed by atoms with van der Waals surface area (Å²) in [6.07, 6.45) is 0.262. The quantitative estimate of drug-likeness (QED) is 0.503. The molecule has 0 aliphatic rings. The molecule has 60 valence electrons. The van der Waals surface area contributed by atoms with Crippen molar-refractivity contribution in [2.75, 3.05) is 0 Å². The normalized spacial score (nSPS) is 16.3. The van der Waals surface area contributed by atoms with Gasteiger partial charge >= 0.3 is 5.97 Å². The first kappa shape index (κ1) is 9.39. The molecule has 2 atom stereocenters. The summed E-state index contributed by atoms with van der Waals surface area (Å²) in [4.78, 5) is 10.1. The summed E-state index contributed by atoms with van der Waals surface area (Å²) < 4.78 is 0. The van der Waals surface area contributed by atoms with Crippen molar-refractivity contribution in [2.45, 2.75) is 31.9 Å². The van der Waals surface area contributed by atoms with Crippen LogP contribution in [0.5, 0.6) is 0 Å². The number of carboxylic acid groups (broad SMARTS) is 1. The zero-order valence-electron chi connectivity index (χ0n) is 5.95. The van der Waals surface area contributed by atoms with Gasteiger partial charge in [0.1, 0.15) is 6.04 Å². The van der Waals surface area contributed by atoms with Gasteiger partial charge in [0.15, 0.2) is 0 Å². The van der Waals surface area contributed by atoms with E-state index < -0.39 is 18.1 Å². The number of aliphatic hydroxyl groups is 1.